The molecule has 1 saturated heterocycles. The Kier molecular flexibility index (Phi) is 5.44. The van der Waals surface area contributed by atoms with Crippen molar-refractivity contribution in [1.29, 1.82) is 0 Å². The molecule has 1 atom stereocenters. The van der Waals surface area contributed by atoms with E-state index in [0.29, 0.717) is 24.0 Å². The van der Waals surface area contributed by atoms with Crippen molar-refractivity contribution in [2.45, 2.75) is 38.7 Å². The molecular weight excluding hydrogens is 268 g/mol. The highest BCUT2D eigenvalue weighted by Gasteiger charge is 2.19. The van der Waals surface area contributed by atoms with Crippen LogP contribution >= 0.6 is 0 Å². The smallest absolute Gasteiger partial charge is 0.258 e. The van der Waals surface area contributed by atoms with Crippen molar-refractivity contribution in [3.8, 4) is 11.5 Å². The Labute approximate surface area is 125 Å². The Morgan fingerprint density at radius 3 is 2.71 bits per heavy atom. The predicted octanol–water partition coefficient (Wildman–Crippen LogP) is 1.80. The number of rotatable bonds is 6. The molecule has 0 radical (unpaired) electrons. The minimum Gasteiger partial charge on any atom is -0.490 e. The number of hydrogen-bond donors (Lipinski definition) is 2. The van der Waals surface area contributed by atoms with Gasteiger partial charge in [0.05, 0.1) is 6.61 Å². The van der Waals surface area contributed by atoms with Crippen LogP contribution in [-0.2, 0) is 4.79 Å². The summed E-state index contributed by atoms with van der Waals surface area (Å²) in [6, 6.07) is 5.96. The van der Waals surface area contributed by atoms with Crippen LogP contribution in [0.1, 0.15) is 38.2 Å². The molecule has 1 amide bonds. The summed E-state index contributed by atoms with van der Waals surface area (Å²) in [5, 5.41) is 3.37. The molecule has 1 aliphatic heterocycles. The summed E-state index contributed by atoms with van der Waals surface area (Å²) in [6.45, 7) is 6.21. The van der Waals surface area contributed by atoms with Gasteiger partial charge in [0.1, 0.15) is 0 Å². The monoisotopic (exact) mass is 292 g/mol. The van der Waals surface area contributed by atoms with E-state index >= 15 is 0 Å². The maximum Gasteiger partial charge on any atom is 0.258 e. The van der Waals surface area contributed by atoms with Gasteiger partial charge in [-0.25, -0.2) is 0 Å². The van der Waals surface area contributed by atoms with Gasteiger partial charge in [0.15, 0.2) is 17.6 Å². The summed E-state index contributed by atoms with van der Waals surface area (Å²) in [4.78, 5) is 11.1. The maximum atomic E-state index is 11.1. The van der Waals surface area contributed by atoms with Gasteiger partial charge < -0.3 is 20.5 Å². The Hall–Kier alpha value is -1.75. The van der Waals surface area contributed by atoms with Gasteiger partial charge in [-0.1, -0.05) is 6.07 Å². The van der Waals surface area contributed by atoms with Crippen LogP contribution in [0.2, 0.25) is 0 Å². The fourth-order valence-corrected chi connectivity index (χ4v) is 2.55. The summed E-state index contributed by atoms with van der Waals surface area (Å²) in [7, 11) is 0. The van der Waals surface area contributed by atoms with Crippen LogP contribution in [-0.4, -0.2) is 31.7 Å². The lowest BCUT2D eigenvalue weighted by molar-refractivity contribution is -0.124. The second-order valence-corrected chi connectivity index (χ2v) is 5.33. The standard InChI is InChI=1S/C16H24N2O3/c1-3-20-15-10-13(12-6-8-18-9-7-12)4-5-14(15)21-11(2)16(17)19/h4-5,10-12,18H,3,6-9H2,1-2H3,(H2,17,19). The third kappa shape index (κ3) is 4.11. The number of benzene rings is 1. The third-order valence-electron chi connectivity index (χ3n) is 3.78. The first-order valence-electron chi connectivity index (χ1n) is 7.55. The SMILES string of the molecule is CCOc1cc(C2CCNCC2)ccc1OC(C)C(N)=O. The molecule has 0 spiro atoms. The summed E-state index contributed by atoms with van der Waals surface area (Å²) in [5.74, 6) is 1.32. The number of ether oxygens (including phenoxy) is 2. The van der Waals surface area contributed by atoms with E-state index in [9.17, 15) is 4.79 Å². The van der Waals surface area contributed by atoms with E-state index in [2.05, 4.69) is 11.4 Å². The summed E-state index contributed by atoms with van der Waals surface area (Å²) in [6.07, 6.45) is 1.58. The van der Waals surface area contributed by atoms with Gasteiger partial charge in [-0.05, 0) is 63.4 Å². The molecule has 2 rings (SSSR count). The molecule has 5 heteroatoms. The van der Waals surface area contributed by atoms with Crippen molar-refractivity contribution in [1.82, 2.24) is 5.32 Å². The van der Waals surface area contributed by atoms with Crippen LogP contribution in [0.5, 0.6) is 11.5 Å². The van der Waals surface area contributed by atoms with Crippen molar-refractivity contribution in [3.05, 3.63) is 23.8 Å². The van der Waals surface area contributed by atoms with Gasteiger partial charge in [0, 0.05) is 0 Å². The molecule has 1 heterocycles. The topological polar surface area (TPSA) is 73.6 Å². The van der Waals surface area contributed by atoms with E-state index in [-0.39, 0.29) is 0 Å². The van der Waals surface area contributed by atoms with Crippen LogP contribution in [0.4, 0.5) is 0 Å². The molecule has 1 aromatic carbocycles. The van der Waals surface area contributed by atoms with Crippen LogP contribution in [0.15, 0.2) is 18.2 Å². The molecule has 116 valence electrons. The van der Waals surface area contributed by atoms with Crippen LogP contribution in [0, 0.1) is 0 Å². The highest BCUT2D eigenvalue weighted by molar-refractivity contribution is 5.78. The largest absolute Gasteiger partial charge is 0.490 e. The number of carbonyl (C=O) groups excluding carboxylic acids is 1. The van der Waals surface area contributed by atoms with E-state index in [1.54, 1.807) is 6.92 Å². The van der Waals surface area contributed by atoms with E-state index in [4.69, 9.17) is 15.2 Å². The van der Waals surface area contributed by atoms with E-state index in [0.717, 1.165) is 25.9 Å². The zero-order valence-electron chi connectivity index (χ0n) is 12.7. The minimum atomic E-state index is -0.672. The molecule has 0 aliphatic carbocycles. The molecule has 1 aliphatic rings. The molecule has 1 unspecified atom stereocenters. The first-order valence-corrected chi connectivity index (χ1v) is 7.55. The molecule has 0 saturated carbocycles. The van der Waals surface area contributed by atoms with Gasteiger partial charge >= 0.3 is 0 Å². The van der Waals surface area contributed by atoms with Crippen LogP contribution < -0.4 is 20.5 Å². The molecule has 1 aromatic rings. The Balaban J connectivity index is 2.19. The average molecular weight is 292 g/mol. The van der Waals surface area contributed by atoms with Gasteiger partial charge in [-0.2, -0.15) is 0 Å². The summed E-state index contributed by atoms with van der Waals surface area (Å²) >= 11 is 0. The van der Waals surface area contributed by atoms with Gasteiger partial charge in [-0.3, -0.25) is 4.79 Å². The van der Waals surface area contributed by atoms with E-state index in [1.807, 2.05) is 19.1 Å². The van der Waals surface area contributed by atoms with Gasteiger partial charge in [-0.15, -0.1) is 0 Å². The lowest BCUT2D eigenvalue weighted by atomic mass is 9.90. The van der Waals surface area contributed by atoms with Crippen molar-refractivity contribution < 1.29 is 14.3 Å². The number of nitrogens with one attached hydrogen (secondary N) is 1. The summed E-state index contributed by atoms with van der Waals surface area (Å²) in [5.41, 5.74) is 6.51. The Morgan fingerprint density at radius 1 is 1.38 bits per heavy atom. The molecule has 21 heavy (non-hydrogen) atoms. The van der Waals surface area contributed by atoms with Gasteiger partial charge in [0.2, 0.25) is 0 Å². The fraction of sp³-hybridized carbons (Fsp3) is 0.562. The molecule has 1 fully saturated rings. The second kappa shape index (κ2) is 7.31. The van der Waals surface area contributed by atoms with Crippen molar-refractivity contribution in [3.63, 3.8) is 0 Å². The lowest BCUT2D eigenvalue weighted by Gasteiger charge is -2.24. The quantitative estimate of drug-likeness (QED) is 0.838. The number of piperidine rings is 1. The van der Waals surface area contributed by atoms with Crippen molar-refractivity contribution in [2.75, 3.05) is 19.7 Å². The van der Waals surface area contributed by atoms with Crippen LogP contribution in [0.3, 0.4) is 0 Å². The lowest BCUT2D eigenvalue weighted by Crippen LogP contribution is -2.30. The molecule has 0 aromatic heterocycles. The predicted molar refractivity (Wildman–Crippen MR) is 81.7 cm³/mol. The Morgan fingerprint density at radius 2 is 2.10 bits per heavy atom. The van der Waals surface area contributed by atoms with Crippen molar-refractivity contribution >= 4 is 5.91 Å². The number of hydrogen-bond acceptors (Lipinski definition) is 4. The molecule has 3 N–H and O–H groups in total. The van der Waals surface area contributed by atoms with Crippen LogP contribution in [0.25, 0.3) is 0 Å². The molecule has 0 bridgehead atoms. The average Bonchev–Trinajstić information content (AvgIpc) is 2.50. The summed E-state index contributed by atoms with van der Waals surface area (Å²) < 4.78 is 11.2. The van der Waals surface area contributed by atoms with E-state index < -0.39 is 12.0 Å². The van der Waals surface area contributed by atoms with Crippen molar-refractivity contribution in [2.24, 2.45) is 5.73 Å². The third-order valence-corrected chi connectivity index (χ3v) is 3.78. The number of amides is 1. The number of nitrogens with two attached hydrogens (primary N) is 1. The first kappa shape index (κ1) is 15.6. The molecule has 5 nitrogen and oxygen atoms in total. The molecular formula is C16H24N2O3. The zero-order chi connectivity index (χ0) is 15.2. The highest BCUT2D eigenvalue weighted by Crippen LogP contribution is 2.34. The number of carbonyl (C=O) groups is 1. The normalized spacial score (nSPS) is 17.2. The minimum absolute atomic E-state index is 0.486. The second-order valence-electron chi connectivity index (χ2n) is 5.33. The van der Waals surface area contributed by atoms with Gasteiger partial charge in [0.25, 0.3) is 5.91 Å². The number of primary amides is 1. The zero-order valence-corrected chi connectivity index (χ0v) is 12.7. The first-order chi connectivity index (χ1) is 10.1. The fourth-order valence-electron chi connectivity index (χ4n) is 2.55. The van der Waals surface area contributed by atoms with E-state index in [1.165, 1.54) is 5.56 Å². The highest BCUT2D eigenvalue weighted by atomic mass is 16.5. The Bertz CT molecular complexity index is 484. The maximum absolute atomic E-state index is 11.1.